The monoisotopic (exact) mass is 692 g/mol. The number of aromatic nitrogens is 2. The second-order valence-corrected chi connectivity index (χ2v) is 16.9. The van der Waals surface area contributed by atoms with Crippen molar-refractivity contribution in [2.75, 3.05) is 0 Å². The van der Waals surface area contributed by atoms with Crippen LogP contribution in [0.2, 0.25) is 0 Å². The van der Waals surface area contributed by atoms with Gasteiger partial charge in [0.1, 0.15) is 0 Å². The quantitative estimate of drug-likeness (QED) is 0.174. The SMILES string of the molecule is c1ccc2c(c1)-c1cc(-c3ccc4c(c3)c3ccccc3n4-c3ccccc3-n3c4ccccc4c4ccccc43)ccc1C21C2CC3CC(C2)CC1C3. The highest BCUT2D eigenvalue weighted by molar-refractivity contribution is 6.12. The number of hydrogen-bond acceptors (Lipinski definition) is 0. The van der Waals surface area contributed by atoms with Crippen LogP contribution in [0.1, 0.15) is 43.2 Å². The molecule has 0 saturated heterocycles. The van der Waals surface area contributed by atoms with Crippen molar-refractivity contribution < 1.29 is 0 Å². The lowest BCUT2D eigenvalue weighted by molar-refractivity contribution is -0.0399. The Bertz CT molecular complexity index is 2940. The molecule has 5 aliphatic carbocycles. The van der Waals surface area contributed by atoms with E-state index >= 15 is 0 Å². The molecule has 2 aromatic heterocycles. The molecule has 4 bridgehead atoms. The number of para-hydroxylation sites is 5. The molecular formula is C52H40N2. The van der Waals surface area contributed by atoms with E-state index in [2.05, 4.69) is 167 Å². The van der Waals surface area contributed by atoms with Crippen molar-refractivity contribution >= 4 is 43.6 Å². The molecule has 0 atom stereocenters. The molecule has 0 N–H and O–H groups in total. The summed E-state index contributed by atoms with van der Waals surface area (Å²) in [6.07, 6.45) is 7.17. The molecule has 0 aliphatic heterocycles. The van der Waals surface area contributed by atoms with Gasteiger partial charge in [0.15, 0.2) is 0 Å². The summed E-state index contributed by atoms with van der Waals surface area (Å²) < 4.78 is 4.94. The zero-order valence-electron chi connectivity index (χ0n) is 30.3. The van der Waals surface area contributed by atoms with Gasteiger partial charge in [-0.2, -0.15) is 0 Å². The van der Waals surface area contributed by atoms with Crippen molar-refractivity contribution in [1.29, 1.82) is 0 Å². The van der Waals surface area contributed by atoms with Crippen LogP contribution in [0.3, 0.4) is 0 Å². The van der Waals surface area contributed by atoms with Gasteiger partial charge in [0.25, 0.3) is 0 Å². The molecule has 9 aromatic rings. The lowest BCUT2D eigenvalue weighted by atomic mass is 9.43. The minimum atomic E-state index is 0.207. The van der Waals surface area contributed by atoms with Crippen LogP contribution in [0.25, 0.3) is 77.2 Å². The number of rotatable bonds is 3. The molecule has 0 amide bonds. The van der Waals surface area contributed by atoms with Crippen molar-refractivity contribution in [3.63, 3.8) is 0 Å². The van der Waals surface area contributed by atoms with Gasteiger partial charge in [-0.05, 0) is 138 Å². The highest BCUT2D eigenvalue weighted by Crippen LogP contribution is 2.69. The van der Waals surface area contributed by atoms with Gasteiger partial charge in [-0.1, -0.05) is 109 Å². The smallest absolute Gasteiger partial charge is 0.0702 e. The van der Waals surface area contributed by atoms with Crippen LogP contribution < -0.4 is 0 Å². The maximum Gasteiger partial charge on any atom is 0.0702 e. The van der Waals surface area contributed by atoms with E-state index in [1.54, 1.807) is 11.1 Å². The average Bonchev–Trinajstić information content (AvgIpc) is 3.84. The lowest BCUT2D eigenvalue weighted by Crippen LogP contribution is -2.55. The van der Waals surface area contributed by atoms with E-state index in [1.165, 1.54) is 109 Å². The number of nitrogens with zero attached hydrogens (tertiary/aromatic N) is 2. The number of fused-ring (bicyclic) bond motifs is 9. The minimum Gasteiger partial charge on any atom is -0.307 e. The Morgan fingerprint density at radius 3 is 1.46 bits per heavy atom. The Balaban J connectivity index is 0.996. The normalized spacial score (nSPS) is 23.6. The van der Waals surface area contributed by atoms with Crippen molar-refractivity contribution in [1.82, 2.24) is 9.13 Å². The van der Waals surface area contributed by atoms with E-state index in [1.807, 2.05) is 0 Å². The molecule has 2 heteroatoms. The van der Waals surface area contributed by atoms with Crippen LogP contribution in [-0.2, 0) is 5.41 Å². The summed E-state index contributed by atoms with van der Waals surface area (Å²) in [5.41, 5.74) is 16.3. The third-order valence-corrected chi connectivity index (χ3v) is 14.5. The fraction of sp³-hybridized carbons (Fsp3) is 0.192. The summed E-state index contributed by atoms with van der Waals surface area (Å²) >= 11 is 0. The number of hydrogen-bond donors (Lipinski definition) is 0. The molecule has 14 rings (SSSR count). The first-order chi connectivity index (χ1) is 26.8. The summed E-state index contributed by atoms with van der Waals surface area (Å²) in [6, 6.07) is 59.7. The van der Waals surface area contributed by atoms with Crippen molar-refractivity contribution in [2.45, 2.75) is 37.5 Å². The van der Waals surface area contributed by atoms with E-state index in [0.717, 1.165) is 23.7 Å². The summed E-state index contributed by atoms with van der Waals surface area (Å²) in [4.78, 5) is 0. The Hall–Kier alpha value is -5.86. The van der Waals surface area contributed by atoms with Gasteiger partial charge < -0.3 is 9.13 Å². The molecule has 0 radical (unpaired) electrons. The lowest BCUT2D eigenvalue weighted by Gasteiger charge is -2.61. The molecule has 4 saturated carbocycles. The average molecular weight is 693 g/mol. The van der Waals surface area contributed by atoms with Gasteiger partial charge in [0, 0.05) is 27.0 Å². The van der Waals surface area contributed by atoms with Crippen LogP contribution in [0.4, 0.5) is 0 Å². The Kier molecular flexibility index (Phi) is 5.83. The van der Waals surface area contributed by atoms with Crippen LogP contribution >= 0.6 is 0 Å². The third kappa shape index (κ3) is 3.71. The Labute approximate surface area is 315 Å². The molecule has 4 fully saturated rings. The molecule has 2 nitrogen and oxygen atoms in total. The summed E-state index contributed by atoms with van der Waals surface area (Å²) in [5, 5.41) is 5.13. The van der Waals surface area contributed by atoms with E-state index in [-0.39, 0.29) is 5.41 Å². The van der Waals surface area contributed by atoms with Crippen LogP contribution in [0, 0.1) is 23.7 Å². The van der Waals surface area contributed by atoms with Gasteiger partial charge in [-0.15, -0.1) is 0 Å². The van der Waals surface area contributed by atoms with Crippen molar-refractivity contribution in [2.24, 2.45) is 23.7 Å². The fourth-order valence-corrected chi connectivity index (χ4v) is 12.8. The van der Waals surface area contributed by atoms with Crippen LogP contribution in [0.15, 0.2) is 158 Å². The zero-order valence-corrected chi connectivity index (χ0v) is 30.3. The zero-order chi connectivity index (χ0) is 35.1. The summed E-state index contributed by atoms with van der Waals surface area (Å²) in [7, 11) is 0. The molecule has 5 aliphatic rings. The minimum absolute atomic E-state index is 0.207. The highest BCUT2D eigenvalue weighted by Gasteiger charge is 2.61. The molecule has 2 heterocycles. The van der Waals surface area contributed by atoms with Crippen LogP contribution in [-0.4, -0.2) is 9.13 Å². The Morgan fingerprint density at radius 1 is 0.370 bits per heavy atom. The molecular weight excluding hydrogens is 653 g/mol. The molecule has 7 aromatic carbocycles. The van der Waals surface area contributed by atoms with Crippen molar-refractivity contribution in [3.8, 4) is 33.6 Å². The molecule has 54 heavy (non-hydrogen) atoms. The topological polar surface area (TPSA) is 9.86 Å². The molecule has 0 unspecified atom stereocenters. The summed E-state index contributed by atoms with van der Waals surface area (Å²) in [5.74, 6) is 3.48. The van der Waals surface area contributed by atoms with Gasteiger partial charge >= 0.3 is 0 Å². The summed E-state index contributed by atoms with van der Waals surface area (Å²) in [6.45, 7) is 0. The first-order valence-corrected chi connectivity index (χ1v) is 20.1. The van der Waals surface area contributed by atoms with E-state index in [0.29, 0.717) is 0 Å². The largest absolute Gasteiger partial charge is 0.307 e. The second-order valence-electron chi connectivity index (χ2n) is 16.9. The maximum atomic E-state index is 2.56. The van der Waals surface area contributed by atoms with Gasteiger partial charge in [0.05, 0.1) is 33.4 Å². The highest BCUT2D eigenvalue weighted by atomic mass is 15.1. The number of benzene rings is 7. The predicted octanol–water partition coefficient (Wildman–Crippen LogP) is 13.3. The van der Waals surface area contributed by atoms with Crippen LogP contribution in [0.5, 0.6) is 0 Å². The fourth-order valence-electron chi connectivity index (χ4n) is 12.8. The first kappa shape index (κ1) is 29.6. The van der Waals surface area contributed by atoms with Gasteiger partial charge in [-0.25, -0.2) is 0 Å². The maximum absolute atomic E-state index is 2.56. The van der Waals surface area contributed by atoms with E-state index < -0.39 is 0 Å². The van der Waals surface area contributed by atoms with Gasteiger partial charge in [-0.3, -0.25) is 0 Å². The standard InChI is InChI=1S/C52H40N2/c1-5-15-44-38(11-1)42-30-34(21-23-45(42)52(44)36-26-32-25-33(28-36)29-37(52)27-32)35-22-24-49-43(31-35)41-14-4-8-18-48(41)54(49)51-20-10-9-19-50(51)53-46-16-6-2-12-39(46)40-13-3-7-17-47(40)53/h1-24,30-33,36-37H,25-29H2. The second kappa shape index (κ2) is 10.6. The third-order valence-electron chi connectivity index (χ3n) is 14.5. The van der Waals surface area contributed by atoms with E-state index in [9.17, 15) is 0 Å². The van der Waals surface area contributed by atoms with Crippen molar-refractivity contribution in [3.05, 3.63) is 169 Å². The van der Waals surface area contributed by atoms with E-state index in [4.69, 9.17) is 0 Å². The van der Waals surface area contributed by atoms with Gasteiger partial charge in [0.2, 0.25) is 0 Å². The molecule has 1 spiro atoms. The Morgan fingerprint density at radius 2 is 0.833 bits per heavy atom. The first-order valence-electron chi connectivity index (χ1n) is 20.1. The molecule has 258 valence electrons. The predicted molar refractivity (Wildman–Crippen MR) is 224 cm³/mol.